The molecule has 1 aromatic heterocycles. The highest BCUT2D eigenvalue weighted by Crippen LogP contribution is 2.21. The van der Waals surface area contributed by atoms with E-state index in [1.165, 1.54) is 0 Å². The van der Waals surface area contributed by atoms with Crippen molar-refractivity contribution in [2.75, 3.05) is 5.73 Å². The molecular formula is C10H9FN2. The molecule has 2 rings (SSSR count). The minimum Gasteiger partial charge on any atom is -0.381 e. The second-order valence-electron chi connectivity index (χ2n) is 3.05. The van der Waals surface area contributed by atoms with Gasteiger partial charge in [-0.2, -0.15) is 0 Å². The van der Waals surface area contributed by atoms with E-state index in [0.29, 0.717) is 5.39 Å². The molecule has 0 spiro atoms. The van der Waals surface area contributed by atoms with Gasteiger partial charge in [0.05, 0.1) is 0 Å². The van der Waals surface area contributed by atoms with Crippen molar-refractivity contribution in [2.45, 2.75) is 6.92 Å². The Labute approximate surface area is 75.2 Å². The summed E-state index contributed by atoms with van der Waals surface area (Å²) in [6.07, 6.45) is 1.58. The van der Waals surface area contributed by atoms with Crippen molar-refractivity contribution in [3.8, 4) is 0 Å². The normalized spacial score (nSPS) is 10.6. The molecule has 0 saturated heterocycles. The summed E-state index contributed by atoms with van der Waals surface area (Å²) in [7, 11) is 0. The Morgan fingerprint density at radius 2 is 2.15 bits per heavy atom. The zero-order chi connectivity index (χ0) is 9.42. The van der Waals surface area contributed by atoms with Gasteiger partial charge in [-0.25, -0.2) is 9.37 Å². The van der Waals surface area contributed by atoms with E-state index in [9.17, 15) is 4.39 Å². The predicted molar refractivity (Wildman–Crippen MR) is 50.9 cm³/mol. The Morgan fingerprint density at radius 1 is 1.38 bits per heavy atom. The summed E-state index contributed by atoms with van der Waals surface area (Å²) in [6, 6.07) is 5.45. The summed E-state index contributed by atoms with van der Waals surface area (Å²) in [6.45, 7) is 1.95. The molecule has 0 fully saturated rings. The minimum absolute atomic E-state index is 0.0450. The number of halogens is 1. The zero-order valence-electron chi connectivity index (χ0n) is 7.21. The van der Waals surface area contributed by atoms with Gasteiger partial charge in [-0.05, 0) is 13.0 Å². The number of anilines is 1. The van der Waals surface area contributed by atoms with Gasteiger partial charge in [0.25, 0.3) is 0 Å². The van der Waals surface area contributed by atoms with Gasteiger partial charge in [0.1, 0.15) is 0 Å². The highest BCUT2D eigenvalue weighted by atomic mass is 19.1. The topological polar surface area (TPSA) is 38.9 Å². The fraction of sp³-hybridized carbons (Fsp3) is 0.100. The summed E-state index contributed by atoms with van der Waals surface area (Å²) in [4.78, 5) is 3.75. The molecule has 0 saturated carbocycles. The Morgan fingerprint density at radius 3 is 2.92 bits per heavy atom. The van der Waals surface area contributed by atoms with Gasteiger partial charge < -0.3 is 5.73 Å². The van der Waals surface area contributed by atoms with Crippen molar-refractivity contribution in [2.24, 2.45) is 0 Å². The molecule has 66 valence electrons. The lowest BCUT2D eigenvalue weighted by atomic mass is 10.1. The van der Waals surface area contributed by atoms with E-state index < -0.39 is 5.82 Å². The average molecular weight is 176 g/mol. The van der Waals surface area contributed by atoms with Crippen LogP contribution in [-0.2, 0) is 0 Å². The van der Waals surface area contributed by atoms with Gasteiger partial charge >= 0.3 is 0 Å². The van der Waals surface area contributed by atoms with Crippen molar-refractivity contribution < 1.29 is 4.39 Å². The molecule has 0 aliphatic carbocycles. The van der Waals surface area contributed by atoms with Gasteiger partial charge in [0.2, 0.25) is 0 Å². The SMILES string of the molecule is Cc1ccc2c(F)c(N)ncc2c1. The first kappa shape index (κ1) is 7.98. The lowest BCUT2D eigenvalue weighted by Gasteiger charge is -2.01. The standard InChI is InChI=1S/C10H9FN2/c1-6-2-3-8-7(4-6)5-13-10(12)9(8)11/h2-5H,1H3,(H2,12,13). The molecule has 1 heterocycles. The Balaban J connectivity index is 2.87. The zero-order valence-corrected chi connectivity index (χ0v) is 7.21. The molecule has 1 aromatic carbocycles. The maximum atomic E-state index is 13.3. The lowest BCUT2D eigenvalue weighted by molar-refractivity contribution is 0.639. The molecule has 3 heteroatoms. The van der Waals surface area contributed by atoms with Crippen LogP contribution >= 0.6 is 0 Å². The molecular weight excluding hydrogens is 167 g/mol. The van der Waals surface area contributed by atoms with E-state index in [0.717, 1.165) is 10.9 Å². The largest absolute Gasteiger partial charge is 0.381 e. The number of pyridine rings is 1. The van der Waals surface area contributed by atoms with Crippen molar-refractivity contribution in [1.82, 2.24) is 4.98 Å². The smallest absolute Gasteiger partial charge is 0.173 e. The number of aryl methyl sites for hydroxylation is 1. The van der Waals surface area contributed by atoms with Gasteiger partial charge in [-0.1, -0.05) is 17.7 Å². The fourth-order valence-electron chi connectivity index (χ4n) is 1.32. The second kappa shape index (κ2) is 2.69. The van der Waals surface area contributed by atoms with E-state index in [-0.39, 0.29) is 5.82 Å². The first-order valence-electron chi connectivity index (χ1n) is 3.99. The minimum atomic E-state index is -0.433. The molecule has 0 aliphatic rings. The summed E-state index contributed by atoms with van der Waals surface area (Å²) in [5.74, 6) is -0.478. The van der Waals surface area contributed by atoms with Crippen LogP contribution in [-0.4, -0.2) is 4.98 Å². The molecule has 0 aliphatic heterocycles. The highest BCUT2D eigenvalue weighted by molar-refractivity contribution is 5.84. The van der Waals surface area contributed by atoms with Crippen LogP contribution in [0.15, 0.2) is 24.4 Å². The molecule has 2 N–H and O–H groups in total. The number of nitrogen functional groups attached to an aromatic ring is 1. The third-order valence-corrected chi connectivity index (χ3v) is 2.01. The monoisotopic (exact) mass is 176 g/mol. The first-order valence-corrected chi connectivity index (χ1v) is 3.99. The number of nitrogens with zero attached hydrogens (tertiary/aromatic N) is 1. The van der Waals surface area contributed by atoms with E-state index in [1.54, 1.807) is 12.3 Å². The number of fused-ring (bicyclic) bond motifs is 1. The Kier molecular flexibility index (Phi) is 1.65. The maximum absolute atomic E-state index is 13.3. The molecule has 2 nitrogen and oxygen atoms in total. The first-order chi connectivity index (χ1) is 6.18. The van der Waals surface area contributed by atoms with Crippen LogP contribution in [0.1, 0.15) is 5.56 Å². The van der Waals surface area contributed by atoms with Crippen LogP contribution in [0.3, 0.4) is 0 Å². The summed E-state index contributed by atoms with van der Waals surface area (Å²) >= 11 is 0. The van der Waals surface area contributed by atoms with Crippen LogP contribution in [0, 0.1) is 12.7 Å². The van der Waals surface area contributed by atoms with E-state index in [4.69, 9.17) is 5.73 Å². The van der Waals surface area contributed by atoms with Gasteiger partial charge in [0, 0.05) is 17.0 Å². The predicted octanol–water partition coefficient (Wildman–Crippen LogP) is 2.26. The van der Waals surface area contributed by atoms with Crippen molar-refractivity contribution >= 4 is 16.6 Å². The summed E-state index contributed by atoms with van der Waals surface area (Å²) in [5, 5.41) is 1.31. The molecule has 0 radical (unpaired) electrons. The van der Waals surface area contributed by atoms with Gasteiger partial charge in [-0.3, -0.25) is 0 Å². The van der Waals surface area contributed by atoms with E-state index in [2.05, 4.69) is 4.98 Å². The van der Waals surface area contributed by atoms with Gasteiger partial charge in [-0.15, -0.1) is 0 Å². The lowest BCUT2D eigenvalue weighted by Crippen LogP contribution is -1.95. The molecule has 0 unspecified atom stereocenters. The fourth-order valence-corrected chi connectivity index (χ4v) is 1.32. The van der Waals surface area contributed by atoms with Crippen LogP contribution < -0.4 is 5.73 Å². The molecule has 0 amide bonds. The maximum Gasteiger partial charge on any atom is 0.173 e. The van der Waals surface area contributed by atoms with Crippen molar-refractivity contribution in [3.05, 3.63) is 35.8 Å². The number of nitrogens with two attached hydrogens (primary N) is 1. The third-order valence-electron chi connectivity index (χ3n) is 2.01. The second-order valence-corrected chi connectivity index (χ2v) is 3.05. The number of hydrogen-bond acceptors (Lipinski definition) is 2. The molecule has 2 aromatic rings. The van der Waals surface area contributed by atoms with E-state index in [1.807, 2.05) is 19.1 Å². The molecule has 13 heavy (non-hydrogen) atoms. The Bertz CT molecular complexity index is 466. The third kappa shape index (κ3) is 1.22. The van der Waals surface area contributed by atoms with Crippen LogP contribution in [0.2, 0.25) is 0 Å². The molecule has 0 bridgehead atoms. The van der Waals surface area contributed by atoms with Crippen molar-refractivity contribution in [3.63, 3.8) is 0 Å². The highest BCUT2D eigenvalue weighted by Gasteiger charge is 2.04. The van der Waals surface area contributed by atoms with Crippen LogP contribution in [0.25, 0.3) is 10.8 Å². The van der Waals surface area contributed by atoms with Gasteiger partial charge in [0.15, 0.2) is 11.6 Å². The number of rotatable bonds is 0. The average Bonchev–Trinajstić information content (AvgIpc) is 2.12. The number of hydrogen-bond donors (Lipinski definition) is 1. The Hall–Kier alpha value is -1.64. The van der Waals surface area contributed by atoms with Crippen LogP contribution in [0.5, 0.6) is 0 Å². The van der Waals surface area contributed by atoms with Crippen LogP contribution in [0.4, 0.5) is 10.2 Å². The van der Waals surface area contributed by atoms with Crippen molar-refractivity contribution in [1.29, 1.82) is 0 Å². The number of benzene rings is 1. The van der Waals surface area contributed by atoms with E-state index >= 15 is 0 Å². The number of aromatic nitrogens is 1. The quantitative estimate of drug-likeness (QED) is 0.668. The summed E-state index contributed by atoms with van der Waals surface area (Å²) in [5.41, 5.74) is 6.42. The molecule has 0 atom stereocenters. The summed E-state index contributed by atoms with van der Waals surface area (Å²) < 4.78 is 13.3.